The highest BCUT2D eigenvalue weighted by Gasteiger charge is 2.11. The van der Waals surface area contributed by atoms with Crippen molar-refractivity contribution in [3.05, 3.63) is 0 Å². The summed E-state index contributed by atoms with van der Waals surface area (Å²) in [6.07, 6.45) is 2.67. The maximum atomic E-state index is 10.1. The molecule has 0 saturated carbocycles. The first-order valence-electron chi connectivity index (χ1n) is 5.47. The third-order valence-electron chi connectivity index (χ3n) is 1.69. The molecule has 1 rings (SSSR count). The average Bonchev–Trinajstić information content (AvgIpc) is 2.22. The van der Waals surface area contributed by atoms with E-state index in [0.717, 1.165) is 12.8 Å². The van der Waals surface area contributed by atoms with Gasteiger partial charge in [0.25, 0.3) is 0 Å². The zero-order chi connectivity index (χ0) is 14.9. The van der Waals surface area contributed by atoms with Crippen LogP contribution in [0.15, 0.2) is 0 Å². The minimum atomic E-state index is -4.21. The molecule has 1 aromatic rings. The summed E-state index contributed by atoms with van der Waals surface area (Å²) in [5.41, 5.74) is 15.4. The number of hydrogen-bond acceptors (Lipinski definition) is 8. The molecule has 0 fully saturated rings. The van der Waals surface area contributed by atoms with Crippen molar-refractivity contribution in [1.82, 2.24) is 15.0 Å². The Kier molecular flexibility index (Phi) is 7.92. The maximum Gasteiger partial charge on any atom is 0.469 e. The van der Waals surface area contributed by atoms with Gasteiger partial charge in [0, 0.05) is 0 Å². The summed E-state index contributed by atoms with van der Waals surface area (Å²) in [6.45, 7) is 2.16. The first-order valence-corrected chi connectivity index (χ1v) is 7.00. The molecule has 19 heavy (non-hydrogen) atoms. The van der Waals surface area contributed by atoms with Crippen LogP contribution in [0.1, 0.15) is 26.2 Å². The highest BCUT2D eigenvalue weighted by Crippen LogP contribution is 2.35. The zero-order valence-corrected chi connectivity index (χ0v) is 11.5. The molecule has 0 aromatic carbocycles. The van der Waals surface area contributed by atoms with Crippen LogP contribution in [0.4, 0.5) is 17.8 Å². The number of rotatable bonds is 5. The van der Waals surface area contributed by atoms with Crippen LogP contribution in [0.2, 0.25) is 0 Å². The number of nitrogens with two attached hydrogens (primary N) is 3. The van der Waals surface area contributed by atoms with Crippen LogP contribution in [0, 0.1) is 0 Å². The van der Waals surface area contributed by atoms with Gasteiger partial charge >= 0.3 is 7.82 Å². The zero-order valence-electron chi connectivity index (χ0n) is 10.6. The van der Waals surface area contributed by atoms with Crippen LogP contribution < -0.4 is 17.2 Å². The van der Waals surface area contributed by atoms with Crippen molar-refractivity contribution in [2.45, 2.75) is 26.2 Å². The van der Waals surface area contributed by atoms with E-state index in [1.165, 1.54) is 0 Å². The Hall–Kier alpha value is -1.48. The Morgan fingerprint density at radius 1 is 1.05 bits per heavy atom. The summed E-state index contributed by atoms with van der Waals surface area (Å²) in [4.78, 5) is 26.9. The Morgan fingerprint density at radius 2 is 1.47 bits per heavy atom. The van der Waals surface area contributed by atoms with Crippen LogP contribution in [0.3, 0.4) is 0 Å². The minimum absolute atomic E-state index is 0.0417. The van der Waals surface area contributed by atoms with Crippen LogP contribution >= 0.6 is 7.82 Å². The summed E-state index contributed by atoms with van der Waals surface area (Å²) in [5.74, 6) is 0.125. The Balaban J connectivity index is 0.000000342. The Labute approximate surface area is 110 Å². The standard InChI is InChI=1S/C5H13O4P.C3H6N6/c1-2-3-4-5-9-10(6,7)8;4-1-7-2(5)9-3(6)8-1/h2-5H2,1H3,(H2,6,7,8);(H6,4,5,6,7,8,9). The molecule has 0 bridgehead atoms. The van der Waals surface area contributed by atoms with Crippen molar-refractivity contribution >= 4 is 25.7 Å². The fourth-order valence-corrected chi connectivity index (χ4v) is 1.33. The lowest BCUT2D eigenvalue weighted by Crippen LogP contribution is -2.05. The summed E-state index contributed by atoms with van der Waals surface area (Å²) in [7, 11) is -4.21. The molecule has 0 saturated heterocycles. The number of aromatic nitrogens is 3. The summed E-state index contributed by atoms with van der Waals surface area (Å²) in [5, 5.41) is 0. The molecule has 0 aliphatic heterocycles. The number of unbranched alkanes of at least 4 members (excludes halogenated alkanes) is 2. The molecule has 1 heterocycles. The summed E-state index contributed by atoms with van der Waals surface area (Å²) >= 11 is 0. The molecule has 0 amide bonds. The van der Waals surface area contributed by atoms with Gasteiger partial charge in [0.05, 0.1) is 6.61 Å². The number of nitrogen functional groups attached to an aromatic ring is 3. The van der Waals surface area contributed by atoms with Crippen LogP contribution in [-0.4, -0.2) is 31.3 Å². The molecule has 0 atom stereocenters. The molecule has 1 aromatic heterocycles. The minimum Gasteiger partial charge on any atom is -0.368 e. The van der Waals surface area contributed by atoms with Crippen LogP contribution in [0.5, 0.6) is 0 Å². The number of anilines is 3. The molecular formula is C8H19N6O4P. The second-order valence-corrected chi connectivity index (χ2v) is 4.68. The van der Waals surface area contributed by atoms with Gasteiger partial charge in [-0.05, 0) is 6.42 Å². The quantitative estimate of drug-likeness (QED) is 0.363. The van der Waals surface area contributed by atoms with Crippen molar-refractivity contribution in [2.24, 2.45) is 0 Å². The van der Waals surface area contributed by atoms with Gasteiger partial charge in [0.1, 0.15) is 0 Å². The normalized spacial score (nSPS) is 10.7. The van der Waals surface area contributed by atoms with Gasteiger partial charge in [-0.15, -0.1) is 0 Å². The topological polar surface area (TPSA) is 183 Å². The van der Waals surface area contributed by atoms with E-state index >= 15 is 0 Å². The second-order valence-electron chi connectivity index (χ2n) is 3.44. The lowest BCUT2D eigenvalue weighted by molar-refractivity contribution is 0.193. The molecule has 0 aliphatic rings. The molecule has 0 spiro atoms. The van der Waals surface area contributed by atoms with Crippen molar-refractivity contribution in [2.75, 3.05) is 23.8 Å². The van der Waals surface area contributed by atoms with Crippen molar-refractivity contribution in [3.8, 4) is 0 Å². The van der Waals surface area contributed by atoms with Crippen molar-refractivity contribution in [1.29, 1.82) is 0 Å². The van der Waals surface area contributed by atoms with Gasteiger partial charge in [-0.1, -0.05) is 19.8 Å². The van der Waals surface area contributed by atoms with E-state index in [9.17, 15) is 4.57 Å². The van der Waals surface area contributed by atoms with Crippen LogP contribution in [-0.2, 0) is 9.09 Å². The van der Waals surface area contributed by atoms with E-state index in [-0.39, 0.29) is 24.5 Å². The first-order chi connectivity index (χ1) is 8.74. The number of nitrogens with zero attached hydrogens (tertiary/aromatic N) is 3. The van der Waals surface area contributed by atoms with E-state index in [0.29, 0.717) is 6.42 Å². The van der Waals surface area contributed by atoms with E-state index in [2.05, 4.69) is 19.5 Å². The van der Waals surface area contributed by atoms with Gasteiger partial charge in [0.15, 0.2) is 0 Å². The lowest BCUT2D eigenvalue weighted by atomic mass is 10.3. The predicted molar refractivity (Wildman–Crippen MR) is 70.6 cm³/mol. The number of phosphoric acid groups is 1. The van der Waals surface area contributed by atoms with E-state index in [1.807, 2.05) is 6.92 Å². The smallest absolute Gasteiger partial charge is 0.368 e. The fraction of sp³-hybridized carbons (Fsp3) is 0.625. The third kappa shape index (κ3) is 11.3. The van der Waals surface area contributed by atoms with Gasteiger partial charge < -0.3 is 27.0 Å². The van der Waals surface area contributed by atoms with Gasteiger partial charge in [-0.25, -0.2) is 4.57 Å². The van der Waals surface area contributed by atoms with Gasteiger partial charge in [-0.3, -0.25) is 4.52 Å². The monoisotopic (exact) mass is 294 g/mol. The SMILES string of the molecule is CCCCCOP(=O)(O)O.Nc1nc(N)nc(N)n1. The molecule has 0 aliphatic carbocycles. The van der Waals surface area contributed by atoms with E-state index in [4.69, 9.17) is 27.0 Å². The predicted octanol–water partition coefficient (Wildman–Crippen LogP) is -0.0959. The van der Waals surface area contributed by atoms with Gasteiger partial charge in [0.2, 0.25) is 17.8 Å². The highest BCUT2D eigenvalue weighted by molar-refractivity contribution is 7.46. The average molecular weight is 294 g/mol. The van der Waals surface area contributed by atoms with Crippen molar-refractivity contribution in [3.63, 3.8) is 0 Å². The number of phosphoric ester groups is 1. The molecule has 0 radical (unpaired) electrons. The van der Waals surface area contributed by atoms with Gasteiger partial charge in [-0.2, -0.15) is 15.0 Å². The van der Waals surface area contributed by atoms with E-state index < -0.39 is 7.82 Å². The highest BCUT2D eigenvalue weighted by atomic mass is 31.2. The van der Waals surface area contributed by atoms with E-state index in [1.54, 1.807) is 0 Å². The maximum absolute atomic E-state index is 10.1. The third-order valence-corrected chi connectivity index (χ3v) is 2.21. The summed E-state index contributed by atoms with van der Waals surface area (Å²) < 4.78 is 14.3. The Bertz CT molecular complexity index is 375. The fourth-order valence-electron chi connectivity index (χ4n) is 0.963. The lowest BCUT2D eigenvalue weighted by Gasteiger charge is -2.02. The Morgan fingerprint density at radius 3 is 1.79 bits per heavy atom. The first kappa shape index (κ1) is 17.5. The molecule has 110 valence electrons. The second kappa shape index (κ2) is 8.59. The molecule has 8 N–H and O–H groups in total. The number of hydrogen-bond donors (Lipinski definition) is 5. The molecule has 11 heteroatoms. The van der Waals surface area contributed by atoms with Crippen molar-refractivity contribution < 1.29 is 18.9 Å². The van der Waals surface area contributed by atoms with Crippen LogP contribution in [0.25, 0.3) is 0 Å². The largest absolute Gasteiger partial charge is 0.469 e. The molecule has 0 unspecified atom stereocenters. The molecular weight excluding hydrogens is 275 g/mol. The molecule has 10 nitrogen and oxygen atoms in total. The summed E-state index contributed by atoms with van der Waals surface area (Å²) in [6, 6.07) is 0.